The summed E-state index contributed by atoms with van der Waals surface area (Å²) in [5.41, 5.74) is 2.37. The van der Waals surface area contributed by atoms with Crippen molar-refractivity contribution >= 4 is 11.9 Å². The summed E-state index contributed by atoms with van der Waals surface area (Å²) in [6.07, 6.45) is 0. The molecule has 0 radical (unpaired) electrons. The molecule has 0 amide bonds. The van der Waals surface area contributed by atoms with Crippen molar-refractivity contribution in [2.45, 2.75) is 19.5 Å². The van der Waals surface area contributed by atoms with E-state index in [0.29, 0.717) is 5.56 Å². The molecule has 0 bridgehead atoms. The van der Waals surface area contributed by atoms with Crippen molar-refractivity contribution in [2.24, 2.45) is 0 Å². The first-order valence-corrected chi connectivity index (χ1v) is 9.90. The highest BCUT2D eigenvalue weighted by molar-refractivity contribution is 5.96. The predicted molar refractivity (Wildman–Crippen MR) is 115 cm³/mol. The molecular formula is C24H22O9. The Hall–Kier alpha value is -3.76. The van der Waals surface area contributed by atoms with Gasteiger partial charge in [0.15, 0.2) is 0 Å². The average molecular weight is 454 g/mol. The van der Waals surface area contributed by atoms with Gasteiger partial charge in [0.25, 0.3) is 0 Å². The Morgan fingerprint density at radius 2 is 1.58 bits per heavy atom. The number of rotatable bonds is 7. The van der Waals surface area contributed by atoms with Crippen LogP contribution in [0.3, 0.4) is 0 Å². The number of hydrogen-bond donors (Lipinski definition) is 4. The lowest BCUT2D eigenvalue weighted by Crippen LogP contribution is -2.09. The van der Waals surface area contributed by atoms with Gasteiger partial charge < -0.3 is 25.2 Å². The van der Waals surface area contributed by atoms with Crippen LogP contribution in [0.15, 0.2) is 66.7 Å². The lowest BCUT2D eigenvalue weighted by molar-refractivity contribution is 0.0260. The van der Waals surface area contributed by atoms with E-state index in [1.807, 2.05) is 0 Å². The van der Waals surface area contributed by atoms with E-state index in [9.17, 15) is 24.9 Å². The minimum absolute atomic E-state index is 0.0874. The summed E-state index contributed by atoms with van der Waals surface area (Å²) < 4.78 is 5.67. The van der Waals surface area contributed by atoms with E-state index in [0.717, 1.165) is 11.1 Å². The zero-order valence-electron chi connectivity index (χ0n) is 17.6. The number of ether oxygens (including phenoxy) is 1. The highest BCUT2D eigenvalue weighted by Gasteiger charge is 2.50. The van der Waals surface area contributed by atoms with Gasteiger partial charge in [-0.05, 0) is 47.9 Å². The molecule has 1 fully saturated rings. The third kappa shape index (κ3) is 5.93. The minimum atomic E-state index is -1.96. The Bertz CT molecular complexity index is 1130. The summed E-state index contributed by atoms with van der Waals surface area (Å²) in [6, 6.07) is 17.9. The Labute approximate surface area is 189 Å². The van der Waals surface area contributed by atoms with Gasteiger partial charge >= 0.3 is 17.9 Å². The van der Waals surface area contributed by atoms with Gasteiger partial charge in [-0.25, -0.2) is 9.59 Å². The van der Waals surface area contributed by atoms with Gasteiger partial charge in [-0.3, -0.25) is 0 Å². The molecule has 172 valence electrons. The molecular weight excluding hydrogens is 432 g/mol. The minimum Gasteiger partial charge on any atom is -0.489 e. The maximum Gasteiger partial charge on any atom is 0.365 e. The Kier molecular flexibility index (Phi) is 7.41. The highest BCUT2D eigenvalue weighted by atomic mass is 17.4. The molecule has 4 N–H and O–H groups in total. The number of aliphatic hydroxyl groups excluding tert-OH is 1. The number of carboxylic acid groups (broad SMARTS) is 2. The van der Waals surface area contributed by atoms with Crippen molar-refractivity contribution in [1.82, 2.24) is 0 Å². The summed E-state index contributed by atoms with van der Waals surface area (Å²) in [4.78, 5) is 31.7. The Balaban J connectivity index is 0.000000968. The zero-order valence-corrected chi connectivity index (χ0v) is 17.6. The van der Waals surface area contributed by atoms with Gasteiger partial charge in [0.2, 0.25) is 0 Å². The molecule has 3 aromatic rings. The third-order valence-corrected chi connectivity index (χ3v) is 4.59. The quantitative estimate of drug-likeness (QED) is 0.311. The number of hydrogen-bond acceptors (Lipinski definition) is 7. The first kappa shape index (κ1) is 23.9. The van der Waals surface area contributed by atoms with Crippen molar-refractivity contribution in [2.75, 3.05) is 6.61 Å². The van der Waals surface area contributed by atoms with Gasteiger partial charge in [0.1, 0.15) is 12.4 Å². The number of carboxylic acids is 2. The third-order valence-electron chi connectivity index (χ3n) is 4.59. The van der Waals surface area contributed by atoms with Crippen molar-refractivity contribution < 1.29 is 44.5 Å². The first-order valence-electron chi connectivity index (χ1n) is 9.90. The van der Waals surface area contributed by atoms with Crippen LogP contribution in [0.1, 0.15) is 38.8 Å². The summed E-state index contributed by atoms with van der Waals surface area (Å²) in [5.74, 6) is -3.93. The molecule has 33 heavy (non-hydrogen) atoms. The lowest BCUT2D eigenvalue weighted by Gasteiger charge is -2.11. The SMILES string of the molecule is CCO.O=C(O)c1cc(OCc2ccc(-c3ccccc3C(=O)O)cc2)cc(C2(O)OO2)c1. The summed E-state index contributed by atoms with van der Waals surface area (Å²) in [7, 11) is 0. The first-order chi connectivity index (χ1) is 15.8. The van der Waals surface area contributed by atoms with E-state index in [1.165, 1.54) is 18.2 Å². The summed E-state index contributed by atoms with van der Waals surface area (Å²) in [5, 5.41) is 36.0. The van der Waals surface area contributed by atoms with E-state index in [-0.39, 0.29) is 35.7 Å². The van der Waals surface area contributed by atoms with Crippen LogP contribution in [0.4, 0.5) is 0 Å². The monoisotopic (exact) mass is 454 g/mol. The van der Waals surface area contributed by atoms with Gasteiger partial charge in [-0.2, -0.15) is 9.78 Å². The van der Waals surface area contributed by atoms with Crippen LogP contribution in [0.5, 0.6) is 5.75 Å². The van der Waals surface area contributed by atoms with Gasteiger partial charge in [-0.1, -0.05) is 42.5 Å². The van der Waals surface area contributed by atoms with Crippen molar-refractivity contribution in [3.63, 3.8) is 0 Å². The molecule has 0 aliphatic carbocycles. The van der Waals surface area contributed by atoms with Crippen LogP contribution >= 0.6 is 0 Å². The largest absolute Gasteiger partial charge is 0.489 e. The highest BCUT2D eigenvalue weighted by Crippen LogP contribution is 2.39. The van der Waals surface area contributed by atoms with Crippen LogP contribution in [0.25, 0.3) is 11.1 Å². The van der Waals surface area contributed by atoms with Crippen LogP contribution in [0.2, 0.25) is 0 Å². The van der Waals surface area contributed by atoms with Crippen LogP contribution in [-0.2, 0) is 22.4 Å². The van der Waals surface area contributed by atoms with Crippen LogP contribution in [0, 0.1) is 0 Å². The fourth-order valence-electron chi connectivity index (χ4n) is 2.99. The van der Waals surface area contributed by atoms with E-state index in [1.54, 1.807) is 55.5 Å². The smallest absolute Gasteiger partial charge is 0.365 e. The summed E-state index contributed by atoms with van der Waals surface area (Å²) >= 11 is 0. The molecule has 0 unspecified atom stereocenters. The number of benzene rings is 3. The molecule has 0 atom stereocenters. The number of aliphatic hydroxyl groups is 2. The topological polar surface area (TPSA) is 149 Å². The van der Waals surface area contributed by atoms with Crippen LogP contribution in [-0.4, -0.2) is 39.0 Å². The molecule has 4 rings (SSSR count). The summed E-state index contributed by atoms with van der Waals surface area (Å²) in [6.45, 7) is 2.06. The van der Waals surface area contributed by atoms with E-state index in [2.05, 4.69) is 9.78 Å². The lowest BCUT2D eigenvalue weighted by atomic mass is 9.99. The molecule has 3 aromatic carbocycles. The second-order valence-electron chi connectivity index (χ2n) is 6.95. The van der Waals surface area contributed by atoms with E-state index >= 15 is 0 Å². The Morgan fingerprint density at radius 3 is 2.15 bits per heavy atom. The molecule has 1 saturated heterocycles. The molecule has 0 saturated carbocycles. The molecule has 1 aliphatic heterocycles. The van der Waals surface area contributed by atoms with Gasteiger partial charge in [0.05, 0.1) is 16.7 Å². The standard InChI is InChI=1S/C22H16O8.C2H6O/c23-20(24)15-9-16(22(27)29-30-22)11-17(10-15)28-12-13-5-7-14(8-6-13)18-3-1-2-4-19(18)21(25)26;1-2-3/h1-11,27H,12H2,(H,23,24)(H,25,26);3H,2H2,1H3. The maximum atomic E-state index is 11.4. The average Bonchev–Trinajstić information content (AvgIpc) is 3.57. The van der Waals surface area contributed by atoms with Crippen molar-refractivity contribution in [1.29, 1.82) is 0 Å². The molecule has 9 nitrogen and oxygen atoms in total. The molecule has 9 heteroatoms. The fraction of sp³-hybridized carbons (Fsp3) is 0.167. The molecule has 0 spiro atoms. The van der Waals surface area contributed by atoms with Crippen LogP contribution < -0.4 is 4.74 Å². The normalized spacial score (nSPS) is 13.4. The van der Waals surface area contributed by atoms with Crippen molar-refractivity contribution in [3.8, 4) is 16.9 Å². The van der Waals surface area contributed by atoms with Gasteiger partial charge in [-0.15, -0.1) is 0 Å². The zero-order chi connectivity index (χ0) is 24.0. The van der Waals surface area contributed by atoms with Gasteiger partial charge in [0, 0.05) is 6.61 Å². The second kappa shape index (κ2) is 10.2. The molecule has 1 aliphatic rings. The Morgan fingerprint density at radius 1 is 0.939 bits per heavy atom. The maximum absolute atomic E-state index is 11.4. The van der Waals surface area contributed by atoms with Crippen molar-refractivity contribution in [3.05, 3.63) is 89.0 Å². The number of aromatic carboxylic acids is 2. The van der Waals surface area contributed by atoms with E-state index < -0.39 is 17.9 Å². The fourth-order valence-corrected chi connectivity index (χ4v) is 2.99. The number of carbonyl (C=O) groups is 2. The second-order valence-corrected chi connectivity index (χ2v) is 6.95. The predicted octanol–water partition coefficient (Wildman–Crippen LogP) is 3.39. The molecule has 0 aromatic heterocycles. The van der Waals surface area contributed by atoms with E-state index in [4.69, 9.17) is 9.84 Å². The molecule has 1 heterocycles.